The minimum atomic E-state index is -0.464. The van der Waals surface area contributed by atoms with E-state index in [4.69, 9.17) is 10.5 Å². The van der Waals surface area contributed by atoms with Crippen LogP contribution in [0.1, 0.15) is 17.3 Å². The molecule has 0 spiro atoms. The zero-order valence-corrected chi connectivity index (χ0v) is 9.07. The van der Waals surface area contributed by atoms with Gasteiger partial charge in [0, 0.05) is 0 Å². The molecule has 16 heavy (non-hydrogen) atoms. The minimum absolute atomic E-state index is 0.431. The van der Waals surface area contributed by atoms with E-state index in [0.29, 0.717) is 17.9 Å². The third-order valence-electron chi connectivity index (χ3n) is 2.41. The Bertz CT molecular complexity index is 534. The smallest absolute Gasteiger partial charge is 0.252 e. The van der Waals surface area contributed by atoms with Crippen LogP contribution in [0.4, 0.5) is 0 Å². The Morgan fingerprint density at radius 3 is 2.44 bits per heavy atom. The molecule has 2 rings (SSSR count). The van der Waals surface area contributed by atoms with E-state index in [2.05, 4.69) is 0 Å². The average molecular weight is 215 g/mol. The molecule has 2 aromatic rings. The molecule has 0 aromatic heterocycles. The molecule has 3 nitrogen and oxygen atoms in total. The van der Waals surface area contributed by atoms with Gasteiger partial charge in [-0.25, -0.2) is 0 Å². The lowest BCUT2D eigenvalue weighted by atomic mass is 10.1. The average Bonchev–Trinajstić information content (AvgIpc) is 2.28. The second-order valence-corrected chi connectivity index (χ2v) is 3.49. The largest absolute Gasteiger partial charge is 0.493 e. The molecule has 2 aromatic carbocycles. The number of fused-ring (bicyclic) bond motifs is 1. The molecule has 0 saturated carbocycles. The molecule has 0 radical (unpaired) electrons. The normalized spacial score (nSPS) is 10.3. The predicted octanol–water partition coefficient (Wildman–Crippen LogP) is 2.34. The SMILES string of the molecule is CCOc1cc2ccccc2cc1C(N)=O. The van der Waals surface area contributed by atoms with Crippen molar-refractivity contribution in [2.24, 2.45) is 5.73 Å². The molecular formula is C13H13NO2. The molecule has 0 fully saturated rings. The summed E-state index contributed by atoms with van der Waals surface area (Å²) in [5.41, 5.74) is 5.75. The van der Waals surface area contributed by atoms with Crippen LogP contribution in [0.2, 0.25) is 0 Å². The van der Waals surface area contributed by atoms with E-state index in [1.54, 1.807) is 6.07 Å². The summed E-state index contributed by atoms with van der Waals surface area (Å²) in [4.78, 5) is 11.3. The van der Waals surface area contributed by atoms with Crippen molar-refractivity contribution in [2.45, 2.75) is 6.92 Å². The highest BCUT2D eigenvalue weighted by Crippen LogP contribution is 2.25. The fraction of sp³-hybridized carbons (Fsp3) is 0.154. The van der Waals surface area contributed by atoms with Crippen LogP contribution in [0.15, 0.2) is 36.4 Å². The Kier molecular flexibility index (Phi) is 2.77. The van der Waals surface area contributed by atoms with Crippen LogP contribution in [0, 0.1) is 0 Å². The van der Waals surface area contributed by atoms with Gasteiger partial charge in [0.05, 0.1) is 12.2 Å². The molecule has 0 atom stereocenters. The van der Waals surface area contributed by atoms with Crippen molar-refractivity contribution in [3.63, 3.8) is 0 Å². The van der Waals surface area contributed by atoms with E-state index in [-0.39, 0.29) is 0 Å². The first-order chi connectivity index (χ1) is 7.72. The molecule has 0 saturated heterocycles. The lowest BCUT2D eigenvalue weighted by molar-refractivity contribution is 0.0997. The van der Waals surface area contributed by atoms with Crippen LogP contribution in [0.5, 0.6) is 5.75 Å². The molecule has 3 heteroatoms. The molecule has 2 N–H and O–H groups in total. The molecule has 0 aliphatic rings. The Labute approximate surface area is 93.8 Å². The Morgan fingerprint density at radius 1 is 1.25 bits per heavy atom. The third kappa shape index (κ3) is 1.84. The van der Waals surface area contributed by atoms with Gasteiger partial charge in [-0.05, 0) is 29.8 Å². The molecule has 0 heterocycles. The van der Waals surface area contributed by atoms with Gasteiger partial charge >= 0.3 is 0 Å². The summed E-state index contributed by atoms with van der Waals surface area (Å²) in [5, 5.41) is 2.02. The van der Waals surface area contributed by atoms with Crippen molar-refractivity contribution in [2.75, 3.05) is 6.61 Å². The maximum Gasteiger partial charge on any atom is 0.252 e. The number of nitrogens with two attached hydrogens (primary N) is 1. The number of ether oxygens (including phenoxy) is 1. The molecular weight excluding hydrogens is 202 g/mol. The van der Waals surface area contributed by atoms with Crippen molar-refractivity contribution in [1.29, 1.82) is 0 Å². The van der Waals surface area contributed by atoms with E-state index < -0.39 is 5.91 Å². The number of hydrogen-bond acceptors (Lipinski definition) is 2. The number of primary amides is 1. The first kappa shape index (κ1) is 10.5. The molecule has 0 aliphatic heterocycles. The first-order valence-electron chi connectivity index (χ1n) is 5.17. The fourth-order valence-corrected chi connectivity index (χ4v) is 1.69. The lowest BCUT2D eigenvalue weighted by Crippen LogP contribution is -2.13. The summed E-state index contributed by atoms with van der Waals surface area (Å²) in [7, 11) is 0. The van der Waals surface area contributed by atoms with Gasteiger partial charge in [0.15, 0.2) is 0 Å². The number of benzene rings is 2. The van der Waals surface area contributed by atoms with Crippen LogP contribution in [-0.4, -0.2) is 12.5 Å². The Morgan fingerprint density at radius 2 is 1.88 bits per heavy atom. The highest BCUT2D eigenvalue weighted by molar-refractivity contribution is 6.00. The molecule has 0 unspecified atom stereocenters. The maximum absolute atomic E-state index is 11.3. The van der Waals surface area contributed by atoms with Crippen molar-refractivity contribution >= 4 is 16.7 Å². The van der Waals surface area contributed by atoms with Gasteiger partial charge in [-0.2, -0.15) is 0 Å². The van der Waals surface area contributed by atoms with E-state index in [1.807, 2.05) is 37.3 Å². The quantitative estimate of drug-likeness (QED) is 0.854. The predicted molar refractivity (Wildman–Crippen MR) is 63.6 cm³/mol. The number of carbonyl (C=O) groups excluding carboxylic acids is 1. The van der Waals surface area contributed by atoms with Gasteiger partial charge in [-0.15, -0.1) is 0 Å². The number of carbonyl (C=O) groups is 1. The molecule has 0 bridgehead atoms. The topological polar surface area (TPSA) is 52.3 Å². The van der Waals surface area contributed by atoms with Gasteiger partial charge in [0.25, 0.3) is 5.91 Å². The van der Waals surface area contributed by atoms with E-state index in [1.165, 1.54) is 0 Å². The highest BCUT2D eigenvalue weighted by Gasteiger charge is 2.10. The second kappa shape index (κ2) is 4.23. The van der Waals surface area contributed by atoms with Crippen LogP contribution in [0.3, 0.4) is 0 Å². The summed E-state index contributed by atoms with van der Waals surface area (Å²) >= 11 is 0. The highest BCUT2D eigenvalue weighted by atomic mass is 16.5. The molecule has 1 amide bonds. The van der Waals surface area contributed by atoms with E-state index in [0.717, 1.165) is 10.8 Å². The van der Waals surface area contributed by atoms with Gasteiger partial charge in [0.2, 0.25) is 0 Å². The third-order valence-corrected chi connectivity index (χ3v) is 2.41. The van der Waals surface area contributed by atoms with Crippen molar-refractivity contribution in [1.82, 2.24) is 0 Å². The van der Waals surface area contributed by atoms with E-state index >= 15 is 0 Å². The molecule has 0 aliphatic carbocycles. The van der Waals surface area contributed by atoms with Crippen molar-refractivity contribution in [3.8, 4) is 5.75 Å². The number of amides is 1. The summed E-state index contributed by atoms with van der Waals surface area (Å²) in [6.07, 6.45) is 0. The van der Waals surface area contributed by atoms with Crippen molar-refractivity contribution in [3.05, 3.63) is 42.0 Å². The zero-order chi connectivity index (χ0) is 11.5. The maximum atomic E-state index is 11.3. The second-order valence-electron chi connectivity index (χ2n) is 3.49. The van der Waals surface area contributed by atoms with E-state index in [9.17, 15) is 4.79 Å². The summed E-state index contributed by atoms with van der Waals surface area (Å²) in [6.45, 7) is 2.39. The van der Waals surface area contributed by atoms with Gasteiger partial charge in [-0.1, -0.05) is 24.3 Å². The van der Waals surface area contributed by atoms with Crippen LogP contribution >= 0.6 is 0 Å². The van der Waals surface area contributed by atoms with Crippen LogP contribution < -0.4 is 10.5 Å². The van der Waals surface area contributed by atoms with Crippen LogP contribution in [-0.2, 0) is 0 Å². The Hall–Kier alpha value is -2.03. The van der Waals surface area contributed by atoms with Gasteiger partial charge < -0.3 is 10.5 Å². The Balaban J connectivity index is 2.65. The first-order valence-corrected chi connectivity index (χ1v) is 5.17. The van der Waals surface area contributed by atoms with Crippen LogP contribution in [0.25, 0.3) is 10.8 Å². The summed E-state index contributed by atoms with van der Waals surface area (Å²) in [6, 6.07) is 11.4. The number of hydrogen-bond donors (Lipinski definition) is 1. The molecule has 82 valence electrons. The van der Waals surface area contributed by atoms with Gasteiger partial charge in [-0.3, -0.25) is 4.79 Å². The summed E-state index contributed by atoms with van der Waals surface area (Å²) in [5.74, 6) is 0.0860. The van der Waals surface area contributed by atoms with Crippen molar-refractivity contribution < 1.29 is 9.53 Å². The number of rotatable bonds is 3. The lowest BCUT2D eigenvalue weighted by Gasteiger charge is -2.09. The monoisotopic (exact) mass is 215 g/mol. The standard InChI is InChI=1S/C13H13NO2/c1-2-16-12-8-10-6-4-3-5-9(10)7-11(12)13(14)15/h3-8H,2H2,1H3,(H2,14,15). The fourth-order valence-electron chi connectivity index (χ4n) is 1.69. The minimum Gasteiger partial charge on any atom is -0.493 e. The summed E-state index contributed by atoms with van der Waals surface area (Å²) < 4.78 is 5.41. The zero-order valence-electron chi connectivity index (χ0n) is 9.07. The van der Waals surface area contributed by atoms with Gasteiger partial charge in [0.1, 0.15) is 5.75 Å².